The van der Waals surface area contributed by atoms with Gasteiger partial charge in [-0.1, -0.05) is 0 Å². The van der Waals surface area contributed by atoms with E-state index >= 15 is 0 Å². The Hall–Kier alpha value is -2.27. The molecule has 0 spiro atoms. The lowest BCUT2D eigenvalue weighted by molar-refractivity contribution is -0.131. The van der Waals surface area contributed by atoms with Crippen LogP contribution in [0.5, 0.6) is 0 Å². The number of sulfonamides is 1. The fourth-order valence-corrected chi connectivity index (χ4v) is 5.58. The summed E-state index contributed by atoms with van der Waals surface area (Å²) in [6.45, 7) is 5.35. The van der Waals surface area contributed by atoms with Gasteiger partial charge in [-0.3, -0.25) is 4.79 Å². The number of aryl methyl sites for hydroxylation is 1. The van der Waals surface area contributed by atoms with Gasteiger partial charge in [0.1, 0.15) is 12.2 Å². The van der Waals surface area contributed by atoms with Crippen LogP contribution in [0.4, 0.5) is 5.82 Å². The van der Waals surface area contributed by atoms with Crippen molar-refractivity contribution >= 4 is 32.9 Å². The molecule has 1 aliphatic carbocycles. The van der Waals surface area contributed by atoms with Gasteiger partial charge in [0.05, 0.1) is 6.26 Å². The van der Waals surface area contributed by atoms with E-state index in [9.17, 15) is 13.2 Å². The second kappa shape index (κ2) is 7.70. The number of imidazole rings is 1. The minimum Gasteiger partial charge on any atom is -0.364 e. The molecular formula is C20H29N7O3S. The standard InChI is InChI=1S/C20H29N7O3S/c1-3-27-16(8-13-9-26(10-13)31(2,29)30)24-17-18(21-12-22-19(17)27)23-15-6-7-25(11-15)20(28)14-4-5-14/h12-15H,3-11H2,1-2H3,(H,21,22,23). The molecule has 4 heterocycles. The second-order valence-corrected chi connectivity index (χ2v) is 11.0. The van der Waals surface area contributed by atoms with E-state index in [-0.39, 0.29) is 17.9 Å². The summed E-state index contributed by atoms with van der Waals surface area (Å²) < 4.78 is 26.9. The summed E-state index contributed by atoms with van der Waals surface area (Å²) in [4.78, 5) is 28.1. The third-order valence-corrected chi connectivity index (χ3v) is 7.79. The largest absolute Gasteiger partial charge is 0.364 e. The summed E-state index contributed by atoms with van der Waals surface area (Å²) in [5.74, 6) is 2.42. The maximum absolute atomic E-state index is 12.3. The number of fused-ring (bicyclic) bond motifs is 1. The first kappa shape index (κ1) is 20.6. The van der Waals surface area contributed by atoms with Crippen molar-refractivity contribution in [3.05, 3.63) is 12.2 Å². The smallest absolute Gasteiger partial charge is 0.225 e. The number of carbonyl (C=O) groups excluding carboxylic acids is 1. The first-order valence-corrected chi connectivity index (χ1v) is 12.9. The lowest BCUT2D eigenvalue weighted by Gasteiger charge is -2.37. The van der Waals surface area contributed by atoms with Crippen LogP contribution < -0.4 is 5.32 Å². The maximum atomic E-state index is 12.3. The molecule has 11 heteroatoms. The van der Waals surface area contributed by atoms with Gasteiger partial charge in [-0.25, -0.2) is 27.7 Å². The molecule has 2 aromatic rings. The number of nitrogens with one attached hydrogen (secondary N) is 1. The molecule has 3 fully saturated rings. The number of anilines is 1. The van der Waals surface area contributed by atoms with Crippen LogP contribution in [0.1, 0.15) is 32.0 Å². The summed E-state index contributed by atoms with van der Waals surface area (Å²) >= 11 is 0. The molecule has 1 N–H and O–H groups in total. The van der Waals surface area contributed by atoms with Gasteiger partial charge < -0.3 is 14.8 Å². The summed E-state index contributed by atoms with van der Waals surface area (Å²) in [6, 6.07) is 0.158. The third-order valence-electron chi connectivity index (χ3n) is 6.56. The van der Waals surface area contributed by atoms with Crippen molar-refractivity contribution in [1.82, 2.24) is 28.7 Å². The molecule has 1 atom stereocenters. The van der Waals surface area contributed by atoms with E-state index in [2.05, 4.69) is 26.8 Å². The molecule has 31 heavy (non-hydrogen) atoms. The molecule has 0 radical (unpaired) electrons. The van der Waals surface area contributed by atoms with Crippen LogP contribution in [0.2, 0.25) is 0 Å². The van der Waals surface area contributed by atoms with Crippen molar-refractivity contribution in [2.24, 2.45) is 11.8 Å². The van der Waals surface area contributed by atoms with E-state index in [1.54, 1.807) is 6.33 Å². The zero-order valence-corrected chi connectivity index (χ0v) is 18.8. The Labute approximate surface area is 182 Å². The van der Waals surface area contributed by atoms with Gasteiger partial charge in [0.2, 0.25) is 15.9 Å². The molecule has 1 amide bonds. The number of aromatic nitrogens is 4. The highest BCUT2D eigenvalue weighted by molar-refractivity contribution is 7.88. The van der Waals surface area contributed by atoms with E-state index in [1.807, 2.05) is 4.90 Å². The molecule has 1 unspecified atom stereocenters. The van der Waals surface area contributed by atoms with E-state index in [0.717, 1.165) is 49.3 Å². The van der Waals surface area contributed by atoms with Crippen molar-refractivity contribution in [3.63, 3.8) is 0 Å². The highest BCUT2D eigenvalue weighted by atomic mass is 32.2. The van der Waals surface area contributed by atoms with Crippen LogP contribution in [0.3, 0.4) is 0 Å². The maximum Gasteiger partial charge on any atom is 0.225 e. The molecule has 0 aromatic carbocycles. The van der Waals surface area contributed by atoms with Crippen molar-refractivity contribution < 1.29 is 13.2 Å². The quantitative estimate of drug-likeness (QED) is 0.665. The Morgan fingerprint density at radius 3 is 2.65 bits per heavy atom. The minimum atomic E-state index is -3.12. The number of amides is 1. The Morgan fingerprint density at radius 1 is 1.19 bits per heavy atom. The number of rotatable bonds is 7. The first-order chi connectivity index (χ1) is 14.8. The van der Waals surface area contributed by atoms with Gasteiger partial charge in [0, 0.05) is 51.1 Å². The predicted molar refractivity (Wildman–Crippen MR) is 116 cm³/mol. The van der Waals surface area contributed by atoms with Gasteiger partial charge >= 0.3 is 0 Å². The Kier molecular flexibility index (Phi) is 5.12. The van der Waals surface area contributed by atoms with E-state index in [4.69, 9.17) is 4.98 Å². The fourth-order valence-electron chi connectivity index (χ4n) is 4.62. The van der Waals surface area contributed by atoms with Gasteiger partial charge in [-0.2, -0.15) is 0 Å². The third kappa shape index (κ3) is 4.00. The van der Waals surface area contributed by atoms with E-state index in [1.165, 1.54) is 10.6 Å². The van der Waals surface area contributed by atoms with Gasteiger partial charge in [-0.05, 0) is 32.1 Å². The van der Waals surface area contributed by atoms with Crippen LogP contribution in [0.15, 0.2) is 6.33 Å². The fraction of sp³-hybridized carbons (Fsp3) is 0.700. The second-order valence-electron chi connectivity index (χ2n) is 9.01. The molecule has 5 rings (SSSR count). The molecule has 3 aliphatic rings. The number of hydrogen-bond acceptors (Lipinski definition) is 7. The highest BCUT2D eigenvalue weighted by Crippen LogP contribution is 2.33. The molecule has 2 saturated heterocycles. The van der Waals surface area contributed by atoms with Crippen molar-refractivity contribution in [2.45, 2.75) is 45.2 Å². The number of likely N-dealkylation sites (tertiary alicyclic amines) is 1. The number of nitrogens with zero attached hydrogens (tertiary/aromatic N) is 6. The molecule has 1 saturated carbocycles. The number of carbonyl (C=O) groups is 1. The van der Waals surface area contributed by atoms with Crippen LogP contribution in [0.25, 0.3) is 11.2 Å². The average molecular weight is 448 g/mol. The minimum absolute atomic E-state index is 0.158. The zero-order chi connectivity index (χ0) is 21.8. The Balaban J connectivity index is 1.31. The van der Waals surface area contributed by atoms with Gasteiger partial charge in [0.25, 0.3) is 0 Å². The summed E-state index contributed by atoms with van der Waals surface area (Å²) in [7, 11) is -3.12. The van der Waals surface area contributed by atoms with E-state index in [0.29, 0.717) is 37.8 Å². The normalized spacial score (nSPS) is 22.8. The average Bonchev–Trinajstić information content (AvgIpc) is 3.32. The molecular weight excluding hydrogens is 418 g/mol. The summed E-state index contributed by atoms with van der Waals surface area (Å²) in [6.07, 6.45) is 6.47. The van der Waals surface area contributed by atoms with Crippen molar-refractivity contribution in [2.75, 3.05) is 37.8 Å². The Bertz CT molecular complexity index is 1110. The van der Waals surface area contributed by atoms with Crippen molar-refractivity contribution in [1.29, 1.82) is 0 Å². The van der Waals surface area contributed by atoms with Crippen LogP contribution in [-0.2, 0) is 27.8 Å². The molecule has 10 nitrogen and oxygen atoms in total. The number of hydrogen-bond donors (Lipinski definition) is 1. The summed E-state index contributed by atoms with van der Waals surface area (Å²) in [5.41, 5.74) is 1.53. The topological polar surface area (TPSA) is 113 Å². The van der Waals surface area contributed by atoms with Gasteiger partial charge in [0.15, 0.2) is 17.0 Å². The lowest BCUT2D eigenvalue weighted by Crippen LogP contribution is -2.50. The SMILES string of the molecule is CCn1c(CC2CN(S(C)(=O)=O)C2)nc2c(NC3CCN(C(=O)C4CC4)C3)ncnc21. The Morgan fingerprint density at radius 2 is 1.97 bits per heavy atom. The monoisotopic (exact) mass is 447 g/mol. The van der Waals surface area contributed by atoms with Crippen LogP contribution >= 0.6 is 0 Å². The molecule has 168 valence electrons. The van der Waals surface area contributed by atoms with E-state index < -0.39 is 10.0 Å². The zero-order valence-electron chi connectivity index (χ0n) is 18.0. The molecule has 2 aliphatic heterocycles. The van der Waals surface area contributed by atoms with Crippen molar-refractivity contribution in [3.8, 4) is 0 Å². The predicted octanol–water partition coefficient (Wildman–Crippen LogP) is 0.703. The summed E-state index contributed by atoms with van der Waals surface area (Å²) in [5, 5.41) is 3.49. The van der Waals surface area contributed by atoms with Crippen LogP contribution in [-0.4, -0.2) is 81.5 Å². The van der Waals surface area contributed by atoms with Crippen LogP contribution in [0, 0.1) is 11.8 Å². The lowest BCUT2D eigenvalue weighted by atomic mass is 9.99. The first-order valence-electron chi connectivity index (χ1n) is 11.0. The highest BCUT2D eigenvalue weighted by Gasteiger charge is 2.37. The molecule has 2 aromatic heterocycles. The van der Waals surface area contributed by atoms with Gasteiger partial charge in [-0.15, -0.1) is 0 Å². The molecule has 0 bridgehead atoms.